The number of rotatable bonds is 7. The van der Waals surface area contributed by atoms with Gasteiger partial charge in [-0.25, -0.2) is 0 Å². The second-order valence-electron chi connectivity index (χ2n) is 7.55. The van der Waals surface area contributed by atoms with Gasteiger partial charge >= 0.3 is 0 Å². The van der Waals surface area contributed by atoms with Gasteiger partial charge in [0.15, 0.2) is 0 Å². The van der Waals surface area contributed by atoms with Crippen molar-refractivity contribution in [3.8, 4) is 0 Å². The van der Waals surface area contributed by atoms with Gasteiger partial charge in [0, 0.05) is 26.8 Å². The fourth-order valence-corrected chi connectivity index (χ4v) is 5.77. The summed E-state index contributed by atoms with van der Waals surface area (Å²) in [6.45, 7) is 4.03. The molecule has 4 rings (SSSR count). The lowest BCUT2D eigenvalue weighted by Gasteiger charge is -2.33. The molecule has 0 aromatic heterocycles. The molecule has 1 atom stereocenters. The summed E-state index contributed by atoms with van der Waals surface area (Å²) in [4.78, 5) is 30.8. The molecule has 1 aliphatic rings. The first-order chi connectivity index (χ1) is 15.6. The minimum absolute atomic E-state index is 0.0109. The van der Waals surface area contributed by atoms with Crippen LogP contribution in [0.4, 0.5) is 17.1 Å². The van der Waals surface area contributed by atoms with E-state index in [1.54, 1.807) is 23.5 Å². The predicted molar refractivity (Wildman–Crippen MR) is 134 cm³/mol. The minimum atomic E-state index is -0.249. The first-order valence-electron chi connectivity index (χ1n) is 10.9. The maximum atomic E-state index is 13.8. The van der Waals surface area contributed by atoms with Crippen molar-refractivity contribution >= 4 is 52.4 Å². The van der Waals surface area contributed by atoms with Crippen LogP contribution >= 0.6 is 23.5 Å². The molecule has 0 spiro atoms. The number of amides is 2. The Balaban J connectivity index is 1.60. The van der Waals surface area contributed by atoms with Gasteiger partial charge in [0.2, 0.25) is 11.8 Å². The maximum absolute atomic E-state index is 13.8. The molecule has 0 aliphatic carbocycles. The van der Waals surface area contributed by atoms with Crippen LogP contribution in [-0.2, 0) is 9.59 Å². The molecule has 0 radical (unpaired) electrons. The highest BCUT2D eigenvalue weighted by molar-refractivity contribution is 8.00. The van der Waals surface area contributed by atoms with Crippen LogP contribution in [0.3, 0.4) is 0 Å². The summed E-state index contributed by atoms with van der Waals surface area (Å²) in [6, 6.07) is 23.9. The van der Waals surface area contributed by atoms with Gasteiger partial charge in [-0.05, 0) is 55.3 Å². The molecule has 0 fully saturated rings. The molecule has 6 heteroatoms. The van der Waals surface area contributed by atoms with E-state index < -0.39 is 0 Å². The van der Waals surface area contributed by atoms with Gasteiger partial charge in [0.1, 0.15) is 0 Å². The van der Waals surface area contributed by atoms with Crippen molar-refractivity contribution in [1.82, 2.24) is 0 Å². The van der Waals surface area contributed by atoms with E-state index in [9.17, 15) is 9.59 Å². The van der Waals surface area contributed by atoms with Crippen molar-refractivity contribution in [2.75, 3.05) is 10.2 Å². The van der Waals surface area contributed by atoms with Crippen molar-refractivity contribution in [1.29, 1.82) is 0 Å². The summed E-state index contributed by atoms with van der Waals surface area (Å²) in [7, 11) is 0. The van der Waals surface area contributed by atoms with E-state index in [4.69, 9.17) is 0 Å². The number of hydrogen-bond acceptors (Lipinski definition) is 4. The first kappa shape index (κ1) is 22.5. The topological polar surface area (TPSA) is 49.4 Å². The lowest BCUT2D eigenvalue weighted by Crippen LogP contribution is -2.35. The van der Waals surface area contributed by atoms with Crippen LogP contribution in [-0.4, -0.2) is 17.1 Å². The van der Waals surface area contributed by atoms with Crippen LogP contribution < -0.4 is 10.2 Å². The third-order valence-corrected chi connectivity index (χ3v) is 7.65. The van der Waals surface area contributed by atoms with Crippen LogP contribution in [0.1, 0.15) is 33.1 Å². The van der Waals surface area contributed by atoms with Gasteiger partial charge < -0.3 is 5.32 Å². The Labute approximate surface area is 197 Å². The van der Waals surface area contributed by atoms with Crippen molar-refractivity contribution in [2.45, 2.75) is 53.0 Å². The first-order valence-corrected chi connectivity index (χ1v) is 12.6. The average molecular weight is 463 g/mol. The Bertz CT molecular complexity index is 1090. The standard InChI is InChI=1S/C26H26N2O2S2/c1-3-10-25(29)27-18-11-9-12-19(17-18)31-22(4-2)26(30)28-20-13-5-7-15-23(20)32-24-16-8-6-14-21(24)28/h5-9,11-17,22H,3-4,10H2,1-2H3,(H,27,29). The molecule has 0 saturated heterocycles. The number of fused-ring (bicyclic) bond motifs is 2. The molecule has 2 amide bonds. The normalized spacial score (nSPS) is 13.1. The number of carbonyl (C=O) groups is 2. The predicted octanol–water partition coefficient (Wildman–Crippen LogP) is 7.13. The lowest BCUT2D eigenvalue weighted by molar-refractivity contribution is -0.117. The van der Waals surface area contributed by atoms with Crippen LogP contribution in [0.2, 0.25) is 0 Å². The number of carbonyl (C=O) groups excluding carboxylic acids is 2. The van der Waals surface area contributed by atoms with E-state index in [0.717, 1.165) is 38.2 Å². The SMILES string of the molecule is CCCC(=O)Nc1cccc(SC(CC)C(=O)N2c3ccccc3Sc3ccccc32)c1. The summed E-state index contributed by atoms with van der Waals surface area (Å²) in [5.74, 6) is 0.0786. The number of nitrogens with one attached hydrogen (secondary N) is 1. The highest BCUT2D eigenvalue weighted by atomic mass is 32.2. The molecule has 3 aromatic carbocycles. The quantitative estimate of drug-likeness (QED) is 0.380. The molecule has 1 unspecified atom stereocenters. The van der Waals surface area contributed by atoms with Gasteiger partial charge in [-0.1, -0.05) is 55.9 Å². The fraction of sp³-hybridized carbons (Fsp3) is 0.231. The van der Waals surface area contributed by atoms with Crippen LogP contribution in [0.5, 0.6) is 0 Å². The Kier molecular flexibility index (Phi) is 7.22. The molecule has 3 aromatic rings. The molecule has 1 N–H and O–H groups in total. The van der Waals surface area contributed by atoms with Crippen molar-refractivity contribution in [3.63, 3.8) is 0 Å². The minimum Gasteiger partial charge on any atom is -0.326 e. The molecule has 32 heavy (non-hydrogen) atoms. The summed E-state index contributed by atoms with van der Waals surface area (Å²) in [6.07, 6.45) is 2.01. The fourth-order valence-electron chi connectivity index (χ4n) is 3.66. The number of nitrogens with zero attached hydrogens (tertiary/aromatic N) is 1. The number of thioether (sulfide) groups is 1. The van der Waals surface area contributed by atoms with E-state index in [0.29, 0.717) is 12.8 Å². The van der Waals surface area contributed by atoms with Gasteiger partial charge in [-0.2, -0.15) is 0 Å². The zero-order valence-corrected chi connectivity index (χ0v) is 19.8. The number of anilines is 3. The molecular weight excluding hydrogens is 436 g/mol. The number of benzene rings is 3. The van der Waals surface area contributed by atoms with E-state index in [2.05, 4.69) is 17.4 Å². The smallest absolute Gasteiger partial charge is 0.245 e. The van der Waals surface area contributed by atoms with E-state index in [-0.39, 0.29) is 17.1 Å². The highest BCUT2D eigenvalue weighted by Gasteiger charge is 2.32. The van der Waals surface area contributed by atoms with Gasteiger partial charge in [0.25, 0.3) is 0 Å². The van der Waals surface area contributed by atoms with Gasteiger partial charge in [-0.15, -0.1) is 11.8 Å². The monoisotopic (exact) mass is 462 g/mol. The Morgan fingerprint density at radius 2 is 1.59 bits per heavy atom. The Morgan fingerprint density at radius 3 is 2.22 bits per heavy atom. The third kappa shape index (κ3) is 4.87. The summed E-state index contributed by atoms with van der Waals surface area (Å²) in [5.41, 5.74) is 2.63. The number of para-hydroxylation sites is 2. The Morgan fingerprint density at radius 1 is 0.938 bits per heavy atom. The van der Waals surface area contributed by atoms with Crippen molar-refractivity contribution < 1.29 is 9.59 Å². The van der Waals surface area contributed by atoms with E-state index in [1.165, 1.54) is 0 Å². The largest absolute Gasteiger partial charge is 0.326 e. The number of hydrogen-bond donors (Lipinski definition) is 1. The zero-order chi connectivity index (χ0) is 22.5. The second kappa shape index (κ2) is 10.3. The Hall–Kier alpha value is -2.70. The van der Waals surface area contributed by atoms with Gasteiger partial charge in [-0.3, -0.25) is 14.5 Å². The van der Waals surface area contributed by atoms with Crippen LogP contribution in [0, 0.1) is 0 Å². The molecule has 1 aliphatic heterocycles. The summed E-state index contributed by atoms with van der Waals surface area (Å²) < 4.78 is 0. The summed E-state index contributed by atoms with van der Waals surface area (Å²) >= 11 is 3.24. The zero-order valence-electron chi connectivity index (χ0n) is 18.2. The van der Waals surface area contributed by atoms with E-state index >= 15 is 0 Å². The molecular formula is C26H26N2O2S2. The molecule has 0 saturated carbocycles. The molecule has 1 heterocycles. The average Bonchev–Trinajstić information content (AvgIpc) is 2.81. The van der Waals surface area contributed by atoms with E-state index in [1.807, 2.05) is 79.4 Å². The third-order valence-electron chi connectivity index (χ3n) is 5.17. The molecule has 0 bridgehead atoms. The van der Waals surface area contributed by atoms with Crippen LogP contribution in [0.25, 0.3) is 0 Å². The second-order valence-corrected chi connectivity index (χ2v) is 9.91. The summed E-state index contributed by atoms with van der Waals surface area (Å²) in [5, 5.41) is 2.69. The van der Waals surface area contributed by atoms with Gasteiger partial charge in [0.05, 0.1) is 16.6 Å². The van der Waals surface area contributed by atoms with Crippen LogP contribution in [0.15, 0.2) is 87.5 Å². The lowest BCUT2D eigenvalue weighted by atomic mass is 10.2. The van der Waals surface area contributed by atoms with Crippen molar-refractivity contribution in [2.24, 2.45) is 0 Å². The molecule has 164 valence electrons. The highest BCUT2D eigenvalue weighted by Crippen LogP contribution is 2.48. The maximum Gasteiger partial charge on any atom is 0.245 e. The van der Waals surface area contributed by atoms with Crippen molar-refractivity contribution in [3.05, 3.63) is 72.8 Å². The molecule has 4 nitrogen and oxygen atoms in total.